The zero-order chi connectivity index (χ0) is 22.9. The van der Waals surface area contributed by atoms with E-state index in [2.05, 4.69) is 15.3 Å². The summed E-state index contributed by atoms with van der Waals surface area (Å²) in [6.45, 7) is 1.79. The van der Waals surface area contributed by atoms with Crippen LogP contribution in [0.2, 0.25) is 0 Å². The number of carbonyl (C=O) groups is 1. The van der Waals surface area contributed by atoms with Crippen molar-refractivity contribution in [1.29, 1.82) is 0 Å². The lowest BCUT2D eigenvalue weighted by Gasteiger charge is -2.10. The molecule has 32 heavy (non-hydrogen) atoms. The number of furan rings is 1. The molecule has 1 amide bonds. The molecular weight excluding hydrogens is 434 g/mol. The minimum atomic E-state index is -3.32. The molecule has 0 saturated heterocycles. The Labute approximate surface area is 183 Å². The van der Waals surface area contributed by atoms with Gasteiger partial charge in [0.25, 0.3) is 5.91 Å². The van der Waals surface area contributed by atoms with Crippen LogP contribution >= 0.6 is 0 Å². The van der Waals surface area contributed by atoms with E-state index in [1.54, 1.807) is 37.3 Å². The molecular formula is C22H19N3O6S. The molecule has 2 aromatic carbocycles. The number of anilines is 1. The van der Waals surface area contributed by atoms with E-state index >= 15 is 0 Å². The highest BCUT2D eigenvalue weighted by Gasteiger charge is 2.16. The second kappa shape index (κ2) is 8.31. The van der Waals surface area contributed by atoms with Crippen molar-refractivity contribution in [3.63, 3.8) is 0 Å². The van der Waals surface area contributed by atoms with Crippen LogP contribution in [0.3, 0.4) is 0 Å². The Morgan fingerprint density at radius 2 is 1.81 bits per heavy atom. The largest absolute Gasteiger partial charge is 0.480 e. The highest BCUT2D eigenvalue weighted by molar-refractivity contribution is 7.90. The fourth-order valence-corrected chi connectivity index (χ4v) is 3.64. The van der Waals surface area contributed by atoms with Crippen LogP contribution in [0.15, 0.2) is 64.2 Å². The first-order valence-electron chi connectivity index (χ1n) is 9.42. The van der Waals surface area contributed by atoms with Crippen LogP contribution in [0.1, 0.15) is 16.1 Å². The van der Waals surface area contributed by atoms with Crippen molar-refractivity contribution in [3.8, 4) is 17.4 Å². The smallest absolute Gasteiger partial charge is 0.257 e. The van der Waals surface area contributed by atoms with Crippen molar-refractivity contribution >= 4 is 32.5 Å². The number of nitrogens with one attached hydrogen (secondary N) is 1. The summed E-state index contributed by atoms with van der Waals surface area (Å²) in [5.41, 5.74) is 0.756. The van der Waals surface area contributed by atoms with E-state index < -0.39 is 15.7 Å². The number of aryl methyl sites for hydroxylation is 1. The van der Waals surface area contributed by atoms with Gasteiger partial charge in [-0.15, -0.1) is 0 Å². The average Bonchev–Trinajstić information content (AvgIpc) is 3.14. The van der Waals surface area contributed by atoms with Gasteiger partial charge in [-0.05, 0) is 49.4 Å². The van der Waals surface area contributed by atoms with Crippen molar-refractivity contribution in [1.82, 2.24) is 9.97 Å². The lowest BCUT2D eigenvalue weighted by atomic mass is 10.1. The Morgan fingerprint density at radius 3 is 2.44 bits per heavy atom. The predicted molar refractivity (Wildman–Crippen MR) is 117 cm³/mol. The first-order chi connectivity index (χ1) is 15.2. The third-order valence-electron chi connectivity index (χ3n) is 4.54. The van der Waals surface area contributed by atoms with Gasteiger partial charge in [-0.2, -0.15) is 0 Å². The fourth-order valence-electron chi connectivity index (χ4n) is 3.01. The standard InChI is InChI=1S/C22H19N3O6S/c1-13-8-17-18(30-13)9-14(22(26)25-20-11-24-21(29-2)12-23-20)10-19(17)31-15-4-6-16(7-5-15)32(3,27)28/h4-12H,1-3H3,(H,23,25,26). The summed E-state index contributed by atoms with van der Waals surface area (Å²) >= 11 is 0. The zero-order valence-corrected chi connectivity index (χ0v) is 18.3. The molecule has 2 heterocycles. The Morgan fingerprint density at radius 1 is 1.06 bits per heavy atom. The maximum Gasteiger partial charge on any atom is 0.257 e. The second-order valence-electron chi connectivity index (χ2n) is 6.99. The minimum Gasteiger partial charge on any atom is -0.480 e. The lowest BCUT2D eigenvalue weighted by Crippen LogP contribution is -2.13. The van der Waals surface area contributed by atoms with E-state index in [0.717, 1.165) is 6.26 Å². The Kier molecular flexibility index (Phi) is 5.54. The SMILES string of the molecule is COc1cnc(NC(=O)c2cc(Oc3ccc(S(C)(=O)=O)cc3)c3cc(C)oc3c2)cn1. The topological polar surface area (TPSA) is 121 Å². The zero-order valence-electron chi connectivity index (χ0n) is 17.4. The number of amides is 1. The van der Waals surface area contributed by atoms with E-state index in [9.17, 15) is 13.2 Å². The molecule has 10 heteroatoms. The summed E-state index contributed by atoms with van der Waals surface area (Å²) in [6.07, 6.45) is 3.91. The maximum absolute atomic E-state index is 12.8. The predicted octanol–water partition coefficient (Wildman–Crippen LogP) is 3.99. The monoisotopic (exact) mass is 453 g/mol. The van der Waals surface area contributed by atoms with Crippen molar-refractivity contribution in [2.45, 2.75) is 11.8 Å². The van der Waals surface area contributed by atoms with E-state index in [0.29, 0.717) is 34.1 Å². The van der Waals surface area contributed by atoms with Crippen LogP contribution in [0.5, 0.6) is 17.4 Å². The molecule has 4 aromatic rings. The molecule has 0 unspecified atom stereocenters. The summed E-state index contributed by atoms with van der Waals surface area (Å²) in [5, 5.41) is 3.34. The van der Waals surface area contributed by atoms with Crippen LogP contribution in [0.4, 0.5) is 5.82 Å². The number of aromatic nitrogens is 2. The number of nitrogens with zero attached hydrogens (tertiary/aromatic N) is 2. The molecule has 2 aromatic heterocycles. The molecule has 0 aliphatic rings. The van der Waals surface area contributed by atoms with Gasteiger partial charge in [0.2, 0.25) is 5.88 Å². The summed E-state index contributed by atoms with van der Waals surface area (Å²) < 4.78 is 40.0. The molecule has 0 bridgehead atoms. The average molecular weight is 453 g/mol. The van der Waals surface area contributed by atoms with Gasteiger partial charge in [0, 0.05) is 11.8 Å². The minimum absolute atomic E-state index is 0.183. The molecule has 0 fully saturated rings. The number of ether oxygens (including phenoxy) is 2. The molecule has 0 aliphatic carbocycles. The van der Waals surface area contributed by atoms with Crippen molar-refractivity contribution in [2.75, 3.05) is 18.7 Å². The first kappa shape index (κ1) is 21.3. The van der Waals surface area contributed by atoms with Crippen LogP contribution in [0, 0.1) is 6.92 Å². The molecule has 0 saturated carbocycles. The second-order valence-corrected chi connectivity index (χ2v) is 9.00. The van der Waals surface area contributed by atoms with Gasteiger partial charge in [-0.25, -0.2) is 18.4 Å². The van der Waals surface area contributed by atoms with Crippen molar-refractivity contribution in [2.24, 2.45) is 0 Å². The number of benzene rings is 2. The molecule has 4 rings (SSSR count). The fraction of sp³-hybridized carbons (Fsp3) is 0.136. The Hall–Kier alpha value is -3.92. The molecule has 9 nitrogen and oxygen atoms in total. The van der Waals surface area contributed by atoms with E-state index in [4.69, 9.17) is 13.9 Å². The van der Waals surface area contributed by atoms with Crippen molar-refractivity contribution in [3.05, 3.63) is 66.2 Å². The lowest BCUT2D eigenvalue weighted by molar-refractivity contribution is 0.102. The van der Waals surface area contributed by atoms with Crippen LogP contribution in [-0.2, 0) is 9.84 Å². The summed E-state index contributed by atoms with van der Waals surface area (Å²) in [6, 6.07) is 11.0. The maximum atomic E-state index is 12.8. The molecule has 164 valence electrons. The number of fused-ring (bicyclic) bond motifs is 1. The van der Waals surface area contributed by atoms with Gasteiger partial charge in [0.05, 0.1) is 29.8 Å². The van der Waals surface area contributed by atoms with Gasteiger partial charge in [0.1, 0.15) is 22.8 Å². The van der Waals surface area contributed by atoms with Gasteiger partial charge in [-0.3, -0.25) is 4.79 Å². The first-order valence-corrected chi connectivity index (χ1v) is 11.3. The number of methoxy groups -OCH3 is 1. The highest BCUT2D eigenvalue weighted by atomic mass is 32.2. The normalized spacial score (nSPS) is 11.3. The Balaban J connectivity index is 1.65. The molecule has 0 atom stereocenters. The van der Waals surface area contributed by atoms with Crippen LogP contribution in [-0.4, -0.2) is 37.7 Å². The number of carbonyl (C=O) groups excluding carboxylic acids is 1. The number of hydrogen-bond donors (Lipinski definition) is 1. The number of rotatable bonds is 6. The van der Waals surface area contributed by atoms with Crippen LogP contribution in [0.25, 0.3) is 11.0 Å². The Bertz CT molecular complexity index is 1390. The van der Waals surface area contributed by atoms with Gasteiger partial charge in [0.15, 0.2) is 15.7 Å². The van der Waals surface area contributed by atoms with Gasteiger partial charge >= 0.3 is 0 Å². The summed E-state index contributed by atoms with van der Waals surface area (Å²) in [5.74, 6) is 1.60. The molecule has 0 spiro atoms. The third-order valence-corrected chi connectivity index (χ3v) is 5.67. The van der Waals surface area contributed by atoms with Gasteiger partial charge in [-0.1, -0.05) is 0 Å². The van der Waals surface area contributed by atoms with Crippen LogP contribution < -0.4 is 14.8 Å². The van der Waals surface area contributed by atoms with Crippen molar-refractivity contribution < 1.29 is 27.1 Å². The molecule has 1 N–H and O–H groups in total. The highest BCUT2D eigenvalue weighted by Crippen LogP contribution is 2.34. The van der Waals surface area contributed by atoms with E-state index in [-0.39, 0.29) is 16.3 Å². The summed E-state index contributed by atoms with van der Waals surface area (Å²) in [4.78, 5) is 21.1. The molecule has 0 aliphatic heterocycles. The van der Waals surface area contributed by atoms with E-state index in [1.165, 1.54) is 31.6 Å². The molecule has 0 radical (unpaired) electrons. The van der Waals surface area contributed by atoms with E-state index in [1.807, 2.05) is 0 Å². The van der Waals surface area contributed by atoms with Gasteiger partial charge < -0.3 is 19.2 Å². The quantitative estimate of drug-likeness (QED) is 0.465. The summed E-state index contributed by atoms with van der Waals surface area (Å²) in [7, 11) is -1.85. The third kappa shape index (κ3) is 4.54. The number of sulfone groups is 1. The number of hydrogen-bond acceptors (Lipinski definition) is 8.